The lowest BCUT2D eigenvalue weighted by Gasteiger charge is -2.38. The quantitative estimate of drug-likeness (QED) is 0.319. The van der Waals surface area contributed by atoms with Crippen molar-refractivity contribution in [3.8, 4) is 5.75 Å². The Morgan fingerprint density at radius 1 is 1.28 bits per heavy atom. The number of thioether (sulfide) groups is 3. The minimum absolute atomic E-state index is 0.0274. The summed E-state index contributed by atoms with van der Waals surface area (Å²) in [4.78, 5) is 23.6. The highest BCUT2D eigenvalue weighted by Crippen LogP contribution is 2.44. The summed E-state index contributed by atoms with van der Waals surface area (Å²) in [6, 6.07) is 5.88. The van der Waals surface area contributed by atoms with E-state index in [9.17, 15) is 15.0 Å². The lowest BCUT2D eigenvalue weighted by atomic mass is 9.83. The zero-order valence-electron chi connectivity index (χ0n) is 21.9. The second-order valence-electron chi connectivity index (χ2n) is 10.9. The molecule has 0 bridgehead atoms. The van der Waals surface area contributed by atoms with Crippen molar-refractivity contribution < 1.29 is 15.0 Å². The number of rotatable bonds is 10. The van der Waals surface area contributed by atoms with Gasteiger partial charge in [0.1, 0.15) is 22.6 Å². The number of aryl methyl sites for hydroxylation is 1. The molecule has 36 heavy (non-hydrogen) atoms. The number of carbonyl (C=O) groups excluding carboxylic acids is 1. The number of nitrogens with zero attached hydrogens (tertiary/aromatic N) is 3. The van der Waals surface area contributed by atoms with Crippen molar-refractivity contribution in [2.75, 3.05) is 24.3 Å². The molecule has 0 saturated carbocycles. The molecule has 1 fully saturated rings. The van der Waals surface area contributed by atoms with Gasteiger partial charge in [0.15, 0.2) is 0 Å². The maximum Gasteiger partial charge on any atom is 0.148 e. The second kappa shape index (κ2) is 11.4. The summed E-state index contributed by atoms with van der Waals surface area (Å²) < 4.78 is 0. The molecule has 0 spiro atoms. The van der Waals surface area contributed by atoms with Gasteiger partial charge >= 0.3 is 0 Å². The largest absolute Gasteiger partial charge is 0.507 e. The molecule has 0 amide bonds. The van der Waals surface area contributed by atoms with E-state index in [2.05, 4.69) is 29.9 Å². The summed E-state index contributed by atoms with van der Waals surface area (Å²) in [6.07, 6.45) is 4.72. The minimum Gasteiger partial charge on any atom is -0.507 e. The number of carbonyl (C=O) groups is 1. The van der Waals surface area contributed by atoms with Crippen molar-refractivity contribution in [1.29, 1.82) is 0 Å². The van der Waals surface area contributed by atoms with Crippen LogP contribution in [0.4, 0.5) is 0 Å². The molecule has 1 saturated heterocycles. The Bertz CT molecular complexity index is 1030. The number of benzene rings is 1. The number of phenols is 1. The summed E-state index contributed by atoms with van der Waals surface area (Å²) in [5.41, 5.74) is 0.844. The summed E-state index contributed by atoms with van der Waals surface area (Å²) in [7, 11) is 2.09. The molecule has 5 unspecified atom stereocenters. The van der Waals surface area contributed by atoms with E-state index in [0.29, 0.717) is 11.5 Å². The van der Waals surface area contributed by atoms with Gasteiger partial charge in [0.25, 0.3) is 0 Å². The second-order valence-corrected chi connectivity index (χ2v) is 14.0. The van der Waals surface area contributed by atoms with Crippen LogP contribution in [0.15, 0.2) is 28.2 Å². The number of phenolic OH excluding ortho intramolecular Hbond substituents is 1. The Hall–Kier alpha value is -1.00. The van der Waals surface area contributed by atoms with E-state index < -0.39 is 17.1 Å². The van der Waals surface area contributed by atoms with Crippen molar-refractivity contribution in [2.45, 2.75) is 82.5 Å². The van der Waals surface area contributed by atoms with Crippen molar-refractivity contribution in [3.05, 3.63) is 29.3 Å². The highest BCUT2D eigenvalue weighted by Gasteiger charge is 2.49. The number of aliphatic hydroxyl groups excluding tert-OH is 1. The molecular formula is C27H39N3O3S3. The van der Waals surface area contributed by atoms with Gasteiger partial charge in [0.05, 0.1) is 28.1 Å². The molecule has 0 radical (unpaired) electrons. The smallest absolute Gasteiger partial charge is 0.148 e. The Kier molecular flexibility index (Phi) is 8.87. The third-order valence-corrected chi connectivity index (χ3v) is 11.8. The van der Waals surface area contributed by atoms with Crippen LogP contribution in [-0.2, 0) is 11.2 Å². The third-order valence-electron chi connectivity index (χ3n) is 7.52. The summed E-state index contributed by atoms with van der Waals surface area (Å²) in [5.74, 6) is 2.63. The SMILES string of the molecule is CCCCCc1cccc(O)c1C1=NC(C2SCC(C(O)C(C)(C)C3=NC(C)(C=O)CS3)N2C)CS1. The number of hydrogen-bond donors (Lipinski definition) is 2. The predicted octanol–water partition coefficient (Wildman–Crippen LogP) is 4.85. The normalized spacial score (nSPS) is 29.9. The van der Waals surface area contributed by atoms with Crippen LogP contribution in [0.2, 0.25) is 0 Å². The molecule has 6 nitrogen and oxygen atoms in total. The van der Waals surface area contributed by atoms with Gasteiger partial charge in [-0.15, -0.1) is 35.3 Å². The van der Waals surface area contributed by atoms with E-state index in [-0.39, 0.29) is 17.5 Å². The first-order valence-electron chi connectivity index (χ1n) is 12.8. The molecule has 3 aliphatic rings. The molecule has 2 N–H and O–H groups in total. The predicted molar refractivity (Wildman–Crippen MR) is 156 cm³/mol. The summed E-state index contributed by atoms with van der Waals surface area (Å²) in [5, 5.41) is 24.2. The van der Waals surface area contributed by atoms with Gasteiger partial charge in [-0.25, -0.2) is 0 Å². The van der Waals surface area contributed by atoms with Crippen LogP contribution in [0.5, 0.6) is 5.75 Å². The molecule has 3 heterocycles. The van der Waals surface area contributed by atoms with Crippen LogP contribution >= 0.6 is 35.3 Å². The fourth-order valence-corrected chi connectivity index (χ4v) is 9.31. The Balaban J connectivity index is 1.48. The van der Waals surface area contributed by atoms with E-state index in [4.69, 9.17) is 4.99 Å². The van der Waals surface area contributed by atoms with Crippen molar-refractivity contribution >= 4 is 51.7 Å². The van der Waals surface area contributed by atoms with E-state index in [1.54, 1.807) is 29.6 Å². The van der Waals surface area contributed by atoms with Crippen molar-refractivity contribution in [1.82, 2.24) is 4.90 Å². The molecule has 0 aliphatic carbocycles. The summed E-state index contributed by atoms with van der Waals surface area (Å²) >= 11 is 5.17. The van der Waals surface area contributed by atoms with Crippen LogP contribution in [-0.4, -0.2) is 84.9 Å². The monoisotopic (exact) mass is 549 g/mol. The first-order chi connectivity index (χ1) is 17.1. The number of hydrogen-bond acceptors (Lipinski definition) is 9. The van der Waals surface area contributed by atoms with Gasteiger partial charge in [-0.1, -0.05) is 45.7 Å². The highest BCUT2D eigenvalue weighted by atomic mass is 32.2. The average Bonchev–Trinajstić information content (AvgIpc) is 3.58. The van der Waals surface area contributed by atoms with Crippen LogP contribution < -0.4 is 0 Å². The Morgan fingerprint density at radius 2 is 2.06 bits per heavy atom. The van der Waals surface area contributed by atoms with E-state index in [1.165, 1.54) is 18.4 Å². The number of aliphatic hydroxyl groups is 1. The molecule has 5 atom stereocenters. The standard InChI is InChI=1S/C27H39N3O3S3/c1-6-7-8-10-17-11-9-12-20(32)21(17)23-28-18(13-34-23)24-30(5)19(14-35-24)22(33)26(2,3)25-29-27(4,15-31)16-36-25/h9,11-12,15,18-19,22,24,32-33H,6-8,10,13-14,16H2,1-5H3. The first-order valence-corrected chi connectivity index (χ1v) is 15.9. The lowest BCUT2D eigenvalue weighted by Crippen LogP contribution is -2.51. The summed E-state index contributed by atoms with van der Waals surface area (Å²) in [6.45, 7) is 8.12. The molecular weight excluding hydrogens is 511 g/mol. The van der Waals surface area contributed by atoms with Gasteiger partial charge < -0.3 is 15.0 Å². The van der Waals surface area contributed by atoms with Gasteiger partial charge in [0.2, 0.25) is 0 Å². The van der Waals surface area contributed by atoms with Gasteiger partial charge in [0, 0.05) is 28.7 Å². The number of unbranched alkanes of at least 4 members (excludes halogenated alkanes) is 2. The molecule has 9 heteroatoms. The first kappa shape index (κ1) is 28.0. The average molecular weight is 550 g/mol. The zero-order valence-corrected chi connectivity index (χ0v) is 24.4. The molecule has 3 aliphatic heterocycles. The van der Waals surface area contributed by atoms with Crippen molar-refractivity contribution in [2.24, 2.45) is 15.4 Å². The van der Waals surface area contributed by atoms with E-state index in [0.717, 1.165) is 46.3 Å². The third kappa shape index (κ3) is 5.55. The van der Waals surface area contributed by atoms with E-state index in [1.807, 2.05) is 38.6 Å². The van der Waals surface area contributed by atoms with Crippen molar-refractivity contribution in [3.63, 3.8) is 0 Å². The van der Waals surface area contributed by atoms with Crippen LogP contribution in [0.25, 0.3) is 0 Å². The lowest BCUT2D eigenvalue weighted by molar-refractivity contribution is -0.111. The fraction of sp³-hybridized carbons (Fsp3) is 0.667. The van der Waals surface area contributed by atoms with Gasteiger partial charge in [-0.3, -0.25) is 14.9 Å². The highest BCUT2D eigenvalue weighted by molar-refractivity contribution is 8.15. The molecule has 198 valence electrons. The Morgan fingerprint density at radius 3 is 2.75 bits per heavy atom. The van der Waals surface area contributed by atoms with E-state index >= 15 is 0 Å². The number of aromatic hydroxyl groups is 1. The molecule has 4 rings (SSSR count). The maximum atomic E-state index is 11.5. The number of aliphatic imine (C=N–C) groups is 2. The number of aldehydes is 1. The zero-order chi connectivity index (χ0) is 26.1. The van der Waals surface area contributed by atoms with Gasteiger partial charge in [-0.05, 0) is 38.4 Å². The fourth-order valence-electron chi connectivity index (χ4n) is 5.11. The topological polar surface area (TPSA) is 85.5 Å². The van der Waals surface area contributed by atoms with Crippen LogP contribution in [0.3, 0.4) is 0 Å². The van der Waals surface area contributed by atoms with Gasteiger partial charge in [-0.2, -0.15) is 0 Å². The Labute approximate surface area is 228 Å². The molecule has 1 aromatic rings. The van der Waals surface area contributed by atoms with Crippen LogP contribution in [0.1, 0.15) is 58.1 Å². The molecule has 1 aromatic carbocycles. The maximum absolute atomic E-state index is 11.5. The minimum atomic E-state index is -0.694. The molecule has 0 aromatic heterocycles. The number of likely N-dealkylation sites (N-methyl/N-ethyl adjacent to an activating group) is 1. The van der Waals surface area contributed by atoms with Crippen LogP contribution in [0, 0.1) is 5.41 Å².